The van der Waals surface area contributed by atoms with Crippen molar-refractivity contribution in [2.24, 2.45) is 5.92 Å². The highest BCUT2D eigenvalue weighted by Gasteiger charge is 2.29. The Hall–Kier alpha value is -2.25. The molecule has 0 N–H and O–H groups in total. The van der Waals surface area contributed by atoms with Gasteiger partial charge in [0.15, 0.2) is 0 Å². The van der Waals surface area contributed by atoms with Crippen molar-refractivity contribution in [3.05, 3.63) is 47.8 Å². The van der Waals surface area contributed by atoms with E-state index in [0.717, 1.165) is 76.2 Å². The van der Waals surface area contributed by atoms with Crippen LogP contribution in [0.3, 0.4) is 0 Å². The number of nitrogens with zero attached hydrogens (tertiary/aromatic N) is 3. The van der Waals surface area contributed by atoms with E-state index in [0.29, 0.717) is 38.3 Å². The molecule has 0 spiro atoms. The predicted octanol–water partition coefficient (Wildman–Crippen LogP) is 4.65. The number of piperidine rings is 1. The van der Waals surface area contributed by atoms with Crippen LogP contribution in [0.25, 0.3) is 0 Å². The van der Waals surface area contributed by atoms with E-state index in [1.54, 1.807) is 12.5 Å². The van der Waals surface area contributed by atoms with Crippen molar-refractivity contribution in [1.82, 2.24) is 14.7 Å². The van der Waals surface area contributed by atoms with Crippen LogP contribution in [0.2, 0.25) is 0 Å². The minimum absolute atomic E-state index is 0.188. The van der Waals surface area contributed by atoms with E-state index in [-0.39, 0.29) is 6.03 Å². The molecule has 1 aliphatic carbocycles. The van der Waals surface area contributed by atoms with Crippen molar-refractivity contribution in [2.45, 2.75) is 58.4 Å². The fourth-order valence-electron chi connectivity index (χ4n) is 5.23. The van der Waals surface area contributed by atoms with E-state index in [1.165, 1.54) is 5.57 Å². The molecular weight excluding hydrogens is 430 g/mol. The van der Waals surface area contributed by atoms with Crippen LogP contribution in [-0.2, 0) is 14.2 Å². The Bertz CT molecular complexity index is 805. The topological polar surface area (TPSA) is 54.5 Å². The maximum absolute atomic E-state index is 12.8. The highest BCUT2D eigenvalue weighted by molar-refractivity contribution is 5.74. The molecule has 3 heterocycles. The molecule has 4 rings (SSSR count). The average molecular weight is 472 g/mol. The molecule has 7 heteroatoms. The van der Waals surface area contributed by atoms with E-state index in [1.807, 2.05) is 9.80 Å². The maximum Gasteiger partial charge on any atom is 0.320 e. The normalized spacial score (nSPS) is 22.5. The molecule has 0 radical (unpaired) electrons. The quantitative estimate of drug-likeness (QED) is 0.516. The van der Waals surface area contributed by atoms with Crippen LogP contribution in [0.5, 0.6) is 0 Å². The molecule has 0 aromatic carbocycles. The first-order valence-electron chi connectivity index (χ1n) is 13.0. The number of hydrogen-bond donors (Lipinski definition) is 0. The SMILES string of the molecule is CCN(CC1CCN(C(=O)N2CCOCC2)CC1)C(C)CC1=COC=C(CC2=CC=CCC2)O1. The van der Waals surface area contributed by atoms with Crippen LogP contribution >= 0.6 is 0 Å². The van der Waals surface area contributed by atoms with Crippen LogP contribution in [0.1, 0.15) is 52.4 Å². The lowest BCUT2D eigenvalue weighted by Crippen LogP contribution is -2.51. The molecular formula is C27H41N3O4. The lowest BCUT2D eigenvalue weighted by atomic mass is 9.95. The number of morpholine rings is 1. The predicted molar refractivity (Wildman–Crippen MR) is 133 cm³/mol. The fraction of sp³-hybridized carbons (Fsp3) is 0.667. The van der Waals surface area contributed by atoms with Crippen molar-refractivity contribution in [2.75, 3.05) is 52.5 Å². The lowest BCUT2D eigenvalue weighted by molar-refractivity contribution is 0.0386. The van der Waals surface area contributed by atoms with Crippen molar-refractivity contribution in [3.63, 3.8) is 0 Å². The standard InChI is InChI=1S/C27H41N3O4/c1-3-28(19-24-9-11-29(12-10-24)27(31)30-13-15-32-16-14-30)22(2)17-25-20-33-21-26(34-25)18-23-7-5-4-6-8-23/h4-5,7,20-22,24H,3,6,8-19H2,1-2H3. The Morgan fingerprint density at radius 3 is 2.56 bits per heavy atom. The molecule has 0 saturated carbocycles. The molecule has 34 heavy (non-hydrogen) atoms. The van der Waals surface area contributed by atoms with Crippen molar-refractivity contribution in [3.8, 4) is 0 Å². The Labute approximate surface area is 204 Å². The van der Waals surface area contributed by atoms with E-state index in [9.17, 15) is 4.79 Å². The van der Waals surface area contributed by atoms with Gasteiger partial charge in [-0.3, -0.25) is 0 Å². The fourth-order valence-corrected chi connectivity index (χ4v) is 5.23. The van der Waals surface area contributed by atoms with Gasteiger partial charge in [0.05, 0.1) is 13.2 Å². The van der Waals surface area contributed by atoms with Crippen LogP contribution in [0.4, 0.5) is 4.79 Å². The minimum Gasteiger partial charge on any atom is -0.466 e. The molecule has 4 aliphatic rings. The molecule has 1 atom stereocenters. The van der Waals surface area contributed by atoms with Crippen LogP contribution in [-0.4, -0.2) is 79.3 Å². The second kappa shape index (κ2) is 12.5. The van der Waals surface area contributed by atoms with Crippen LogP contribution in [0.15, 0.2) is 47.8 Å². The summed E-state index contributed by atoms with van der Waals surface area (Å²) in [6.07, 6.45) is 16.0. The van der Waals surface area contributed by atoms with Gasteiger partial charge in [0.2, 0.25) is 0 Å². The van der Waals surface area contributed by atoms with Gasteiger partial charge < -0.3 is 28.9 Å². The minimum atomic E-state index is 0.188. The summed E-state index contributed by atoms with van der Waals surface area (Å²) >= 11 is 0. The summed E-state index contributed by atoms with van der Waals surface area (Å²) in [5.74, 6) is 2.42. The summed E-state index contributed by atoms with van der Waals surface area (Å²) in [5.41, 5.74) is 1.39. The second-order valence-corrected chi connectivity index (χ2v) is 9.83. The number of ether oxygens (including phenoxy) is 3. The average Bonchev–Trinajstić information content (AvgIpc) is 2.88. The van der Waals surface area contributed by atoms with Crippen molar-refractivity contribution < 1.29 is 19.0 Å². The zero-order valence-corrected chi connectivity index (χ0v) is 20.9. The Morgan fingerprint density at radius 2 is 1.85 bits per heavy atom. The van der Waals surface area contributed by atoms with Gasteiger partial charge in [0.25, 0.3) is 0 Å². The summed E-state index contributed by atoms with van der Waals surface area (Å²) < 4.78 is 17.2. The highest BCUT2D eigenvalue weighted by atomic mass is 16.5. The Kier molecular flexibility index (Phi) is 9.11. The molecule has 0 aromatic heterocycles. The van der Waals surface area contributed by atoms with E-state index in [2.05, 4.69) is 37.0 Å². The van der Waals surface area contributed by atoms with Crippen LogP contribution < -0.4 is 0 Å². The third kappa shape index (κ3) is 6.89. The molecule has 3 aliphatic heterocycles. The number of likely N-dealkylation sites (tertiary alicyclic amines) is 1. The van der Waals surface area contributed by atoms with Crippen molar-refractivity contribution in [1.29, 1.82) is 0 Å². The number of urea groups is 1. The van der Waals surface area contributed by atoms with Gasteiger partial charge in [-0.2, -0.15) is 0 Å². The molecule has 188 valence electrons. The Balaban J connectivity index is 1.20. The number of carbonyl (C=O) groups is 1. The third-order valence-electron chi connectivity index (χ3n) is 7.35. The molecule has 2 fully saturated rings. The molecule has 1 unspecified atom stereocenters. The largest absolute Gasteiger partial charge is 0.466 e. The van der Waals surface area contributed by atoms with Gasteiger partial charge >= 0.3 is 6.03 Å². The third-order valence-corrected chi connectivity index (χ3v) is 7.35. The van der Waals surface area contributed by atoms with E-state index >= 15 is 0 Å². The van der Waals surface area contributed by atoms with Gasteiger partial charge in [-0.05, 0) is 45.1 Å². The lowest BCUT2D eigenvalue weighted by Gasteiger charge is -2.39. The summed E-state index contributed by atoms with van der Waals surface area (Å²) in [6, 6.07) is 0.553. The maximum atomic E-state index is 12.8. The Morgan fingerprint density at radius 1 is 1.12 bits per heavy atom. The molecule has 2 amide bonds. The number of amides is 2. The zero-order valence-electron chi connectivity index (χ0n) is 20.9. The first-order chi connectivity index (χ1) is 16.6. The first-order valence-corrected chi connectivity index (χ1v) is 13.0. The molecule has 2 saturated heterocycles. The summed E-state index contributed by atoms with van der Waals surface area (Å²) in [7, 11) is 0. The summed E-state index contributed by atoms with van der Waals surface area (Å²) in [6.45, 7) is 11.0. The molecule has 0 aromatic rings. The smallest absolute Gasteiger partial charge is 0.320 e. The summed E-state index contributed by atoms with van der Waals surface area (Å²) in [4.78, 5) is 19.3. The van der Waals surface area contributed by atoms with Gasteiger partial charge in [0.1, 0.15) is 24.0 Å². The number of carbonyl (C=O) groups excluding carboxylic acids is 1. The number of allylic oxidation sites excluding steroid dienone is 4. The summed E-state index contributed by atoms with van der Waals surface area (Å²) in [5, 5.41) is 0. The van der Waals surface area contributed by atoms with E-state index in [4.69, 9.17) is 14.2 Å². The van der Waals surface area contributed by atoms with Gasteiger partial charge in [-0.25, -0.2) is 4.79 Å². The number of rotatable bonds is 8. The van der Waals surface area contributed by atoms with Gasteiger partial charge in [-0.15, -0.1) is 0 Å². The zero-order chi connectivity index (χ0) is 23.8. The number of hydrogen-bond acceptors (Lipinski definition) is 5. The van der Waals surface area contributed by atoms with Gasteiger partial charge in [0, 0.05) is 51.6 Å². The highest BCUT2D eigenvalue weighted by Crippen LogP contribution is 2.28. The van der Waals surface area contributed by atoms with Crippen LogP contribution in [0, 0.1) is 5.92 Å². The van der Waals surface area contributed by atoms with E-state index < -0.39 is 0 Å². The first kappa shape index (κ1) is 24.9. The second-order valence-electron chi connectivity index (χ2n) is 9.83. The van der Waals surface area contributed by atoms with Gasteiger partial charge in [-0.1, -0.05) is 30.7 Å². The van der Waals surface area contributed by atoms with Crippen molar-refractivity contribution >= 4 is 6.03 Å². The molecule has 0 bridgehead atoms. The molecule has 7 nitrogen and oxygen atoms in total. The monoisotopic (exact) mass is 471 g/mol.